The van der Waals surface area contributed by atoms with Crippen molar-refractivity contribution in [2.75, 3.05) is 0 Å². The molecule has 0 unspecified atom stereocenters. The first kappa shape index (κ1) is 13.4. The van der Waals surface area contributed by atoms with E-state index in [-0.39, 0.29) is 4.90 Å². The lowest BCUT2D eigenvalue weighted by atomic mass is 10.2. The zero-order valence-corrected chi connectivity index (χ0v) is 12.6. The molecule has 0 aliphatic rings. The highest BCUT2D eigenvalue weighted by molar-refractivity contribution is 14.1. The molecule has 0 bridgehead atoms. The molecule has 3 nitrogen and oxygen atoms in total. The number of benzene rings is 2. The van der Waals surface area contributed by atoms with E-state index >= 15 is 0 Å². The fourth-order valence-corrected chi connectivity index (χ4v) is 2.84. The average molecular weight is 374 g/mol. The highest BCUT2D eigenvalue weighted by Crippen LogP contribution is 2.20. The third-order valence-electron chi connectivity index (χ3n) is 2.31. The molecule has 18 heavy (non-hydrogen) atoms. The topological polar surface area (TPSA) is 43.4 Å². The Morgan fingerprint density at radius 3 is 2.33 bits per heavy atom. The molecular formula is C13H11IO3S. The van der Waals surface area contributed by atoms with Gasteiger partial charge in [-0.25, -0.2) is 0 Å². The van der Waals surface area contributed by atoms with Crippen LogP contribution in [-0.4, -0.2) is 8.42 Å². The van der Waals surface area contributed by atoms with E-state index in [0.717, 1.165) is 9.13 Å². The van der Waals surface area contributed by atoms with Crippen molar-refractivity contribution in [2.24, 2.45) is 0 Å². The van der Waals surface area contributed by atoms with Crippen LogP contribution in [0.4, 0.5) is 0 Å². The van der Waals surface area contributed by atoms with E-state index in [1.165, 1.54) is 0 Å². The van der Waals surface area contributed by atoms with Crippen LogP contribution in [0.2, 0.25) is 0 Å². The van der Waals surface area contributed by atoms with Gasteiger partial charge < -0.3 is 4.18 Å². The molecule has 94 valence electrons. The van der Waals surface area contributed by atoms with Crippen LogP contribution in [-0.2, 0) is 10.1 Å². The summed E-state index contributed by atoms with van der Waals surface area (Å²) in [5.41, 5.74) is 1.00. The van der Waals surface area contributed by atoms with E-state index < -0.39 is 10.1 Å². The Kier molecular flexibility index (Phi) is 3.91. The second-order valence-corrected chi connectivity index (χ2v) is 6.60. The van der Waals surface area contributed by atoms with E-state index in [4.69, 9.17) is 4.18 Å². The SMILES string of the molecule is Cc1ccc(S(=O)(=O)Oc2cccc(I)c2)cc1. The second-order valence-electron chi connectivity index (χ2n) is 3.81. The third kappa shape index (κ3) is 3.23. The summed E-state index contributed by atoms with van der Waals surface area (Å²) in [7, 11) is -3.75. The van der Waals surface area contributed by atoms with Crippen LogP contribution in [0.25, 0.3) is 0 Å². The maximum absolute atomic E-state index is 12.0. The van der Waals surface area contributed by atoms with E-state index in [2.05, 4.69) is 22.6 Å². The van der Waals surface area contributed by atoms with Gasteiger partial charge in [0.15, 0.2) is 0 Å². The Labute approximate surface area is 120 Å². The summed E-state index contributed by atoms with van der Waals surface area (Å²) < 4.78 is 30.0. The number of aryl methyl sites for hydroxylation is 1. The van der Waals surface area contributed by atoms with Gasteiger partial charge in [-0.05, 0) is 59.8 Å². The normalized spacial score (nSPS) is 11.2. The Morgan fingerprint density at radius 1 is 1.06 bits per heavy atom. The molecule has 5 heteroatoms. The highest BCUT2D eigenvalue weighted by atomic mass is 127. The van der Waals surface area contributed by atoms with Crippen molar-refractivity contribution in [3.8, 4) is 5.75 Å². The number of hydrogen-bond acceptors (Lipinski definition) is 3. The van der Waals surface area contributed by atoms with Gasteiger partial charge >= 0.3 is 10.1 Å². The molecule has 2 rings (SSSR count). The summed E-state index contributed by atoms with van der Waals surface area (Å²) >= 11 is 2.10. The van der Waals surface area contributed by atoms with Crippen molar-refractivity contribution in [3.63, 3.8) is 0 Å². The van der Waals surface area contributed by atoms with Crippen molar-refractivity contribution < 1.29 is 12.6 Å². The standard InChI is InChI=1S/C13H11IO3S/c1-10-5-7-13(8-6-10)18(15,16)17-12-4-2-3-11(14)9-12/h2-9H,1H3. The summed E-state index contributed by atoms with van der Waals surface area (Å²) in [4.78, 5) is 0.159. The molecule has 0 saturated carbocycles. The van der Waals surface area contributed by atoms with E-state index in [0.29, 0.717) is 5.75 Å². The van der Waals surface area contributed by atoms with Gasteiger partial charge in [0, 0.05) is 3.57 Å². The molecule has 0 aliphatic carbocycles. The van der Waals surface area contributed by atoms with Crippen LogP contribution >= 0.6 is 22.6 Å². The molecule has 2 aromatic carbocycles. The molecule has 0 saturated heterocycles. The predicted octanol–water partition coefficient (Wildman–Crippen LogP) is 3.37. The van der Waals surface area contributed by atoms with Crippen molar-refractivity contribution in [3.05, 3.63) is 57.7 Å². The lowest BCUT2D eigenvalue weighted by Gasteiger charge is -2.07. The Morgan fingerprint density at radius 2 is 1.72 bits per heavy atom. The Bertz CT molecular complexity index is 648. The molecule has 0 amide bonds. The van der Waals surface area contributed by atoms with E-state index in [1.807, 2.05) is 13.0 Å². The first-order valence-electron chi connectivity index (χ1n) is 5.24. The average Bonchev–Trinajstić information content (AvgIpc) is 2.29. The zero-order chi connectivity index (χ0) is 13.2. The molecule has 0 heterocycles. The summed E-state index contributed by atoms with van der Waals surface area (Å²) in [5.74, 6) is 0.322. The third-order valence-corrected chi connectivity index (χ3v) is 4.24. The zero-order valence-electron chi connectivity index (χ0n) is 9.63. The molecular weight excluding hydrogens is 363 g/mol. The molecule has 0 aliphatic heterocycles. The first-order valence-corrected chi connectivity index (χ1v) is 7.73. The highest BCUT2D eigenvalue weighted by Gasteiger charge is 2.16. The lowest BCUT2D eigenvalue weighted by Crippen LogP contribution is -2.09. The van der Waals surface area contributed by atoms with Crippen LogP contribution in [0.1, 0.15) is 5.56 Å². The van der Waals surface area contributed by atoms with Crippen LogP contribution < -0.4 is 4.18 Å². The van der Waals surface area contributed by atoms with Crippen LogP contribution in [0.15, 0.2) is 53.4 Å². The monoisotopic (exact) mass is 374 g/mol. The molecule has 0 atom stereocenters. The summed E-state index contributed by atoms with van der Waals surface area (Å²) in [5, 5.41) is 0. The van der Waals surface area contributed by atoms with Gasteiger partial charge in [-0.1, -0.05) is 23.8 Å². The van der Waals surface area contributed by atoms with Gasteiger partial charge in [-0.15, -0.1) is 0 Å². The Balaban J connectivity index is 2.30. The molecule has 0 aromatic heterocycles. The smallest absolute Gasteiger partial charge is 0.339 e. The van der Waals surface area contributed by atoms with Crippen LogP contribution in [0.5, 0.6) is 5.75 Å². The van der Waals surface area contributed by atoms with Crippen LogP contribution in [0, 0.1) is 10.5 Å². The minimum Gasteiger partial charge on any atom is -0.379 e. The molecule has 2 aromatic rings. The molecule has 0 spiro atoms. The number of halogens is 1. The summed E-state index contributed by atoms with van der Waals surface area (Å²) in [6.45, 7) is 1.90. The van der Waals surface area contributed by atoms with Crippen molar-refractivity contribution >= 4 is 32.7 Å². The van der Waals surface area contributed by atoms with Gasteiger partial charge in [0.05, 0.1) is 0 Å². The Hall–Kier alpha value is -1.08. The van der Waals surface area contributed by atoms with Crippen LogP contribution in [0.3, 0.4) is 0 Å². The second kappa shape index (κ2) is 5.27. The molecule has 0 radical (unpaired) electrons. The molecule has 0 fully saturated rings. The van der Waals surface area contributed by atoms with Gasteiger partial charge in [-0.3, -0.25) is 0 Å². The minimum absolute atomic E-state index is 0.159. The fourth-order valence-electron chi connectivity index (χ4n) is 1.40. The first-order chi connectivity index (χ1) is 8.47. The maximum Gasteiger partial charge on any atom is 0.339 e. The minimum atomic E-state index is -3.75. The van der Waals surface area contributed by atoms with Gasteiger partial charge in [0.1, 0.15) is 10.6 Å². The van der Waals surface area contributed by atoms with E-state index in [1.54, 1.807) is 42.5 Å². The molecule has 0 N–H and O–H groups in total. The predicted molar refractivity (Wildman–Crippen MR) is 78.2 cm³/mol. The fraction of sp³-hybridized carbons (Fsp3) is 0.0769. The number of hydrogen-bond donors (Lipinski definition) is 0. The van der Waals surface area contributed by atoms with Crippen molar-refractivity contribution in [1.29, 1.82) is 0 Å². The largest absolute Gasteiger partial charge is 0.379 e. The van der Waals surface area contributed by atoms with Crippen molar-refractivity contribution in [2.45, 2.75) is 11.8 Å². The maximum atomic E-state index is 12.0. The lowest BCUT2D eigenvalue weighted by molar-refractivity contribution is 0.486. The van der Waals surface area contributed by atoms with Crippen molar-refractivity contribution in [1.82, 2.24) is 0 Å². The number of rotatable bonds is 3. The quantitative estimate of drug-likeness (QED) is 0.611. The van der Waals surface area contributed by atoms with E-state index in [9.17, 15) is 8.42 Å². The van der Waals surface area contributed by atoms with Gasteiger partial charge in [0.25, 0.3) is 0 Å². The van der Waals surface area contributed by atoms with Gasteiger partial charge in [-0.2, -0.15) is 8.42 Å². The summed E-state index contributed by atoms with van der Waals surface area (Å²) in [6.07, 6.45) is 0. The van der Waals surface area contributed by atoms with Gasteiger partial charge in [0.2, 0.25) is 0 Å². The summed E-state index contributed by atoms with van der Waals surface area (Å²) in [6, 6.07) is 13.5.